The number of carbonyl (C=O) groups excluding carboxylic acids is 1. The summed E-state index contributed by atoms with van der Waals surface area (Å²) in [4.78, 5) is 20.1. The number of aromatic nitrogens is 3. The second-order valence-corrected chi connectivity index (χ2v) is 5.00. The molecule has 1 aromatic carbocycles. The van der Waals surface area contributed by atoms with E-state index in [0.717, 1.165) is 0 Å². The SMILES string of the molecule is COc1ccc(-c2noc(CNC(=O)c3ccncc3)n2)cc1OC. The van der Waals surface area contributed by atoms with Gasteiger partial charge in [-0.1, -0.05) is 5.16 Å². The number of methoxy groups -OCH3 is 2. The number of pyridine rings is 1. The highest BCUT2D eigenvalue weighted by atomic mass is 16.5. The van der Waals surface area contributed by atoms with Gasteiger partial charge < -0.3 is 19.3 Å². The Morgan fingerprint density at radius 1 is 1.12 bits per heavy atom. The van der Waals surface area contributed by atoms with Crippen LogP contribution in [0, 0.1) is 0 Å². The van der Waals surface area contributed by atoms with Crippen LogP contribution in [0.4, 0.5) is 0 Å². The van der Waals surface area contributed by atoms with Gasteiger partial charge in [0, 0.05) is 23.5 Å². The van der Waals surface area contributed by atoms with Crippen molar-refractivity contribution in [2.45, 2.75) is 6.54 Å². The highest BCUT2D eigenvalue weighted by Gasteiger charge is 2.13. The number of nitrogens with one attached hydrogen (secondary N) is 1. The Labute approximate surface area is 143 Å². The molecule has 3 rings (SSSR count). The first-order chi connectivity index (χ1) is 12.2. The van der Waals surface area contributed by atoms with Gasteiger partial charge in [0.15, 0.2) is 11.5 Å². The zero-order chi connectivity index (χ0) is 17.6. The highest BCUT2D eigenvalue weighted by Crippen LogP contribution is 2.31. The molecule has 0 radical (unpaired) electrons. The van der Waals surface area contributed by atoms with E-state index in [1.165, 1.54) is 0 Å². The fourth-order valence-corrected chi connectivity index (χ4v) is 2.18. The minimum Gasteiger partial charge on any atom is -0.493 e. The van der Waals surface area contributed by atoms with E-state index in [1.807, 2.05) is 0 Å². The van der Waals surface area contributed by atoms with Gasteiger partial charge in [-0.3, -0.25) is 9.78 Å². The molecule has 0 bridgehead atoms. The average molecular weight is 340 g/mol. The molecule has 1 N–H and O–H groups in total. The normalized spacial score (nSPS) is 10.3. The lowest BCUT2D eigenvalue weighted by Crippen LogP contribution is -2.22. The van der Waals surface area contributed by atoms with Crippen molar-refractivity contribution in [3.63, 3.8) is 0 Å². The van der Waals surface area contributed by atoms with Crippen LogP contribution in [0.2, 0.25) is 0 Å². The maximum Gasteiger partial charge on any atom is 0.251 e. The molecule has 8 nitrogen and oxygen atoms in total. The number of carbonyl (C=O) groups is 1. The molecular weight excluding hydrogens is 324 g/mol. The Hall–Kier alpha value is -3.42. The predicted molar refractivity (Wildman–Crippen MR) is 88.2 cm³/mol. The topological polar surface area (TPSA) is 99.4 Å². The van der Waals surface area contributed by atoms with Gasteiger partial charge >= 0.3 is 0 Å². The van der Waals surface area contributed by atoms with Crippen molar-refractivity contribution in [1.29, 1.82) is 0 Å². The first-order valence-corrected chi connectivity index (χ1v) is 7.44. The van der Waals surface area contributed by atoms with Gasteiger partial charge in [-0.2, -0.15) is 4.98 Å². The van der Waals surface area contributed by atoms with Crippen molar-refractivity contribution < 1.29 is 18.8 Å². The van der Waals surface area contributed by atoms with Crippen molar-refractivity contribution in [3.8, 4) is 22.9 Å². The second-order valence-electron chi connectivity index (χ2n) is 5.00. The Morgan fingerprint density at radius 3 is 2.60 bits per heavy atom. The smallest absolute Gasteiger partial charge is 0.251 e. The molecule has 0 atom stereocenters. The van der Waals surface area contributed by atoms with E-state index in [9.17, 15) is 4.79 Å². The molecule has 25 heavy (non-hydrogen) atoms. The van der Waals surface area contributed by atoms with E-state index in [-0.39, 0.29) is 12.5 Å². The second kappa shape index (κ2) is 7.43. The molecule has 0 aliphatic heterocycles. The zero-order valence-corrected chi connectivity index (χ0v) is 13.7. The third-order valence-electron chi connectivity index (χ3n) is 3.45. The molecule has 8 heteroatoms. The molecule has 0 unspecified atom stereocenters. The lowest BCUT2D eigenvalue weighted by atomic mass is 10.2. The Morgan fingerprint density at radius 2 is 1.88 bits per heavy atom. The monoisotopic (exact) mass is 340 g/mol. The molecule has 1 amide bonds. The van der Waals surface area contributed by atoms with Crippen molar-refractivity contribution in [3.05, 3.63) is 54.2 Å². The first kappa shape index (κ1) is 16.4. The maximum absolute atomic E-state index is 12.0. The van der Waals surface area contributed by atoms with Gasteiger partial charge in [-0.15, -0.1) is 0 Å². The van der Waals surface area contributed by atoms with E-state index < -0.39 is 0 Å². The van der Waals surface area contributed by atoms with Gasteiger partial charge in [0.05, 0.1) is 20.8 Å². The van der Waals surface area contributed by atoms with Gasteiger partial charge in [-0.25, -0.2) is 0 Å². The third kappa shape index (κ3) is 3.74. The minimum atomic E-state index is -0.242. The number of ether oxygens (including phenoxy) is 2. The summed E-state index contributed by atoms with van der Waals surface area (Å²) >= 11 is 0. The molecule has 3 aromatic rings. The number of benzene rings is 1. The fraction of sp³-hybridized carbons (Fsp3) is 0.176. The molecule has 2 aromatic heterocycles. The molecule has 0 fully saturated rings. The fourth-order valence-electron chi connectivity index (χ4n) is 2.18. The quantitative estimate of drug-likeness (QED) is 0.733. The van der Waals surface area contributed by atoms with E-state index in [1.54, 1.807) is 56.9 Å². The van der Waals surface area contributed by atoms with Crippen LogP contribution in [-0.4, -0.2) is 35.3 Å². The van der Waals surface area contributed by atoms with Crippen LogP contribution in [-0.2, 0) is 6.54 Å². The van der Waals surface area contributed by atoms with Gasteiger partial charge in [0.25, 0.3) is 5.91 Å². The molecule has 0 aliphatic rings. The molecule has 0 spiro atoms. The van der Waals surface area contributed by atoms with Crippen molar-refractivity contribution in [1.82, 2.24) is 20.4 Å². The standard InChI is InChI=1S/C17H16N4O4/c1-23-13-4-3-12(9-14(13)24-2)16-20-15(25-21-16)10-19-17(22)11-5-7-18-8-6-11/h3-9H,10H2,1-2H3,(H,19,22). The molecule has 0 saturated heterocycles. The summed E-state index contributed by atoms with van der Waals surface area (Å²) < 4.78 is 15.6. The molecule has 2 heterocycles. The van der Waals surface area contributed by atoms with Crippen LogP contribution in [0.5, 0.6) is 11.5 Å². The number of hydrogen-bond acceptors (Lipinski definition) is 7. The molecule has 128 valence electrons. The predicted octanol–water partition coefficient (Wildman–Crippen LogP) is 2.08. The number of nitrogens with zero attached hydrogens (tertiary/aromatic N) is 3. The van der Waals surface area contributed by atoms with Crippen LogP contribution in [0.25, 0.3) is 11.4 Å². The van der Waals surface area contributed by atoms with Gasteiger partial charge in [0.1, 0.15) is 0 Å². The van der Waals surface area contributed by atoms with Crippen LogP contribution in [0.1, 0.15) is 16.2 Å². The highest BCUT2D eigenvalue weighted by molar-refractivity contribution is 5.93. The lowest BCUT2D eigenvalue weighted by Gasteiger charge is -2.07. The van der Waals surface area contributed by atoms with Crippen LogP contribution in [0.15, 0.2) is 47.2 Å². The van der Waals surface area contributed by atoms with Gasteiger partial charge in [-0.05, 0) is 30.3 Å². The summed E-state index contributed by atoms with van der Waals surface area (Å²) in [5.74, 6) is 1.63. The van der Waals surface area contributed by atoms with Crippen molar-refractivity contribution >= 4 is 5.91 Å². The third-order valence-corrected chi connectivity index (χ3v) is 3.45. The minimum absolute atomic E-state index is 0.126. The number of rotatable bonds is 6. The number of hydrogen-bond donors (Lipinski definition) is 1. The van der Waals surface area contributed by atoms with E-state index >= 15 is 0 Å². The maximum atomic E-state index is 12.0. The first-order valence-electron chi connectivity index (χ1n) is 7.44. The van der Waals surface area contributed by atoms with Crippen LogP contribution >= 0.6 is 0 Å². The van der Waals surface area contributed by atoms with E-state index in [2.05, 4.69) is 20.4 Å². The largest absolute Gasteiger partial charge is 0.493 e. The lowest BCUT2D eigenvalue weighted by molar-refractivity contribution is 0.0946. The average Bonchev–Trinajstić information content (AvgIpc) is 3.15. The van der Waals surface area contributed by atoms with Gasteiger partial charge in [0.2, 0.25) is 11.7 Å². The summed E-state index contributed by atoms with van der Waals surface area (Å²) in [5, 5.41) is 6.64. The number of amides is 1. The summed E-state index contributed by atoms with van der Waals surface area (Å²) in [6.45, 7) is 0.126. The summed E-state index contributed by atoms with van der Waals surface area (Å²) in [6, 6.07) is 8.56. The Kier molecular flexibility index (Phi) is 4.89. The molecule has 0 aliphatic carbocycles. The molecular formula is C17H16N4O4. The molecule has 0 saturated carbocycles. The van der Waals surface area contributed by atoms with Crippen molar-refractivity contribution in [2.24, 2.45) is 0 Å². The summed E-state index contributed by atoms with van der Waals surface area (Å²) in [7, 11) is 3.12. The van der Waals surface area contributed by atoms with Crippen LogP contribution < -0.4 is 14.8 Å². The summed E-state index contributed by atoms with van der Waals surface area (Å²) in [5.41, 5.74) is 1.22. The van der Waals surface area contributed by atoms with E-state index in [4.69, 9.17) is 14.0 Å². The Balaban J connectivity index is 1.69. The van der Waals surface area contributed by atoms with Crippen molar-refractivity contribution in [2.75, 3.05) is 14.2 Å². The Bertz CT molecular complexity index is 864. The summed E-state index contributed by atoms with van der Waals surface area (Å²) in [6.07, 6.45) is 3.10. The van der Waals surface area contributed by atoms with E-state index in [0.29, 0.717) is 34.3 Å². The van der Waals surface area contributed by atoms with Crippen LogP contribution in [0.3, 0.4) is 0 Å². The zero-order valence-electron chi connectivity index (χ0n) is 13.7.